The molecule has 0 unspecified atom stereocenters. The number of carbonyl (C=O) groups excluding carboxylic acids is 1. The van der Waals surface area contributed by atoms with E-state index in [1.807, 2.05) is 0 Å². The molecule has 0 saturated heterocycles. The van der Waals surface area contributed by atoms with Gasteiger partial charge in [0.15, 0.2) is 0 Å². The third kappa shape index (κ3) is 3.96. The van der Waals surface area contributed by atoms with Gasteiger partial charge in [0.2, 0.25) is 0 Å². The number of aliphatic hydroxyl groups excluding tert-OH is 1. The van der Waals surface area contributed by atoms with Gasteiger partial charge >= 0.3 is 6.16 Å². The Morgan fingerprint density at radius 3 is 2.36 bits per heavy atom. The average molecular weight is 202 g/mol. The van der Waals surface area contributed by atoms with Crippen LogP contribution in [0.5, 0.6) is 0 Å². The topological polar surface area (TPSA) is 55.8 Å². The molecule has 0 radical (unpaired) electrons. The zero-order chi connectivity index (χ0) is 10.6. The van der Waals surface area contributed by atoms with E-state index in [2.05, 4.69) is 0 Å². The highest BCUT2D eigenvalue weighted by atomic mass is 16.7. The summed E-state index contributed by atoms with van der Waals surface area (Å²) in [5, 5.41) is 9.23. The van der Waals surface area contributed by atoms with E-state index in [0.29, 0.717) is 12.8 Å². The van der Waals surface area contributed by atoms with Crippen molar-refractivity contribution >= 4 is 6.16 Å². The monoisotopic (exact) mass is 202 g/mol. The Kier molecular flexibility index (Phi) is 4.20. The van der Waals surface area contributed by atoms with Crippen molar-refractivity contribution in [2.75, 3.05) is 0 Å². The van der Waals surface area contributed by atoms with E-state index in [0.717, 1.165) is 12.8 Å². The van der Waals surface area contributed by atoms with E-state index < -0.39 is 6.16 Å². The number of ether oxygens (including phenoxy) is 2. The van der Waals surface area contributed by atoms with Gasteiger partial charge in [-0.25, -0.2) is 4.79 Å². The highest BCUT2D eigenvalue weighted by Crippen LogP contribution is 2.21. The fraction of sp³-hybridized carbons (Fsp3) is 0.900. The molecule has 0 amide bonds. The Bertz CT molecular complexity index is 183. The van der Waals surface area contributed by atoms with Gasteiger partial charge in [0.25, 0.3) is 0 Å². The number of carbonyl (C=O) groups is 1. The number of rotatable bonds is 2. The molecule has 0 aromatic heterocycles. The predicted octanol–water partition coefficient (Wildman–Crippen LogP) is 1.85. The second kappa shape index (κ2) is 5.20. The van der Waals surface area contributed by atoms with Crippen LogP contribution in [0.3, 0.4) is 0 Å². The standard InChI is InChI=1S/C10H18O4/c1-7(2)13-10(12)14-9-5-3-8(11)4-6-9/h7-9,11H,3-6H2,1-2H3. The zero-order valence-electron chi connectivity index (χ0n) is 8.73. The third-order valence-corrected chi connectivity index (χ3v) is 2.24. The predicted molar refractivity (Wildman–Crippen MR) is 51.0 cm³/mol. The van der Waals surface area contributed by atoms with E-state index >= 15 is 0 Å². The summed E-state index contributed by atoms with van der Waals surface area (Å²) in [6.45, 7) is 3.57. The maximum Gasteiger partial charge on any atom is 0.508 e. The van der Waals surface area contributed by atoms with Crippen LogP contribution in [-0.4, -0.2) is 29.6 Å². The molecule has 0 aliphatic heterocycles. The quantitative estimate of drug-likeness (QED) is 0.694. The molecular formula is C10H18O4. The molecule has 1 aliphatic rings. The lowest BCUT2D eigenvalue weighted by Gasteiger charge is -2.25. The molecule has 0 bridgehead atoms. The molecule has 1 rings (SSSR count). The molecule has 0 spiro atoms. The van der Waals surface area contributed by atoms with Gasteiger partial charge in [-0.05, 0) is 39.5 Å². The summed E-state index contributed by atoms with van der Waals surface area (Å²) in [5.74, 6) is 0. The molecule has 1 fully saturated rings. The number of hydrogen-bond donors (Lipinski definition) is 1. The van der Waals surface area contributed by atoms with Crippen LogP contribution in [0.2, 0.25) is 0 Å². The highest BCUT2D eigenvalue weighted by molar-refractivity contribution is 5.60. The van der Waals surface area contributed by atoms with Gasteiger partial charge in [0, 0.05) is 0 Å². The van der Waals surface area contributed by atoms with Gasteiger partial charge in [-0.3, -0.25) is 0 Å². The van der Waals surface area contributed by atoms with Crippen LogP contribution in [0.4, 0.5) is 4.79 Å². The lowest BCUT2D eigenvalue weighted by atomic mass is 9.95. The summed E-state index contributed by atoms with van der Waals surface area (Å²) in [7, 11) is 0. The molecule has 14 heavy (non-hydrogen) atoms. The number of hydrogen-bond acceptors (Lipinski definition) is 4. The summed E-state index contributed by atoms with van der Waals surface area (Å²) in [5.41, 5.74) is 0. The molecule has 1 aliphatic carbocycles. The van der Waals surface area contributed by atoms with Crippen LogP contribution in [0.1, 0.15) is 39.5 Å². The van der Waals surface area contributed by atoms with Crippen LogP contribution in [0, 0.1) is 0 Å². The molecule has 0 aromatic rings. The fourth-order valence-corrected chi connectivity index (χ4v) is 1.52. The van der Waals surface area contributed by atoms with E-state index in [1.54, 1.807) is 13.8 Å². The van der Waals surface area contributed by atoms with Crippen molar-refractivity contribution in [1.29, 1.82) is 0 Å². The van der Waals surface area contributed by atoms with Crippen molar-refractivity contribution < 1.29 is 19.4 Å². The molecule has 1 N–H and O–H groups in total. The Morgan fingerprint density at radius 2 is 1.86 bits per heavy atom. The molecule has 1 saturated carbocycles. The Balaban J connectivity index is 2.20. The maximum absolute atomic E-state index is 11.1. The van der Waals surface area contributed by atoms with Gasteiger partial charge in [-0.15, -0.1) is 0 Å². The fourth-order valence-electron chi connectivity index (χ4n) is 1.52. The minimum atomic E-state index is -0.596. The van der Waals surface area contributed by atoms with Gasteiger partial charge in [0.1, 0.15) is 6.10 Å². The van der Waals surface area contributed by atoms with Crippen molar-refractivity contribution in [3.8, 4) is 0 Å². The second-order valence-electron chi connectivity index (χ2n) is 3.96. The molecule has 0 heterocycles. The van der Waals surface area contributed by atoms with E-state index in [1.165, 1.54) is 0 Å². The van der Waals surface area contributed by atoms with Crippen molar-refractivity contribution in [2.24, 2.45) is 0 Å². The average Bonchev–Trinajstić information content (AvgIpc) is 2.07. The molecule has 0 aromatic carbocycles. The third-order valence-electron chi connectivity index (χ3n) is 2.24. The first-order chi connectivity index (χ1) is 6.58. The van der Waals surface area contributed by atoms with Gasteiger partial charge in [0.05, 0.1) is 12.2 Å². The van der Waals surface area contributed by atoms with E-state index in [-0.39, 0.29) is 18.3 Å². The molecule has 4 nitrogen and oxygen atoms in total. The summed E-state index contributed by atoms with van der Waals surface area (Å²) in [6.07, 6.45) is 1.83. The Labute approximate surface area is 84.2 Å². The van der Waals surface area contributed by atoms with Crippen molar-refractivity contribution in [1.82, 2.24) is 0 Å². The normalized spacial score (nSPS) is 27.4. The van der Waals surface area contributed by atoms with Crippen LogP contribution >= 0.6 is 0 Å². The minimum absolute atomic E-state index is 0.0790. The highest BCUT2D eigenvalue weighted by Gasteiger charge is 2.23. The first kappa shape index (κ1) is 11.3. The summed E-state index contributed by atoms with van der Waals surface area (Å²) in [6, 6.07) is 0. The van der Waals surface area contributed by atoms with Crippen LogP contribution < -0.4 is 0 Å². The lowest BCUT2D eigenvalue weighted by molar-refractivity contribution is -0.0176. The van der Waals surface area contributed by atoms with Crippen LogP contribution in [-0.2, 0) is 9.47 Å². The van der Waals surface area contributed by atoms with Gasteiger partial charge in [-0.1, -0.05) is 0 Å². The van der Waals surface area contributed by atoms with Crippen molar-refractivity contribution in [3.05, 3.63) is 0 Å². The minimum Gasteiger partial charge on any atom is -0.432 e. The van der Waals surface area contributed by atoms with Gasteiger partial charge in [-0.2, -0.15) is 0 Å². The van der Waals surface area contributed by atoms with Crippen LogP contribution in [0.15, 0.2) is 0 Å². The number of aliphatic hydroxyl groups is 1. The molecular weight excluding hydrogens is 184 g/mol. The van der Waals surface area contributed by atoms with E-state index in [9.17, 15) is 9.90 Å². The summed E-state index contributed by atoms with van der Waals surface area (Å²) in [4.78, 5) is 11.1. The molecule has 82 valence electrons. The first-order valence-electron chi connectivity index (χ1n) is 5.13. The van der Waals surface area contributed by atoms with Crippen molar-refractivity contribution in [2.45, 2.75) is 57.8 Å². The largest absolute Gasteiger partial charge is 0.508 e. The summed E-state index contributed by atoms with van der Waals surface area (Å²) >= 11 is 0. The van der Waals surface area contributed by atoms with Crippen molar-refractivity contribution in [3.63, 3.8) is 0 Å². The van der Waals surface area contributed by atoms with E-state index in [4.69, 9.17) is 9.47 Å². The smallest absolute Gasteiger partial charge is 0.432 e. The SMILES string of the molecule is CC(C)OC(=O)OC1CCC(O)CC1. The maximum atomic E-state index is 11.1. The first-order valence-corrected chi connectivity index (χ1v) is 5.13. The molecule has 0 atom stereocenters. The zero-order valence-corrected chi connectivity index (χ0v) is 8.73. The summed E-state index contributed by atoms with van der Waals surface area (Å²) < 4.78 is 9.93. The second-order valence-corrected chi connectivity index (χ2v) is 3.96. The Hall–Kier alpha value is -0.770. The Morgan fingerprint density at radius 1 is 1.29 bits per heavy atom. The molecule has 4 heteroatoms. The van der Waals surface area contributed by atoms with Crippen LogP contribution in [0.25, 0.3) is 0 Å². The lowest BCUT2D eigenvalue weighted by Crippen LogP contribution is -2.27. The van der Waals surface area contributed by atoms with Gasteiger partial charge < -0.3 is 14.6 Å².